The van der Waals surface area contributed by atoms with Crippen molar-refractivity contribution in [1.29, 1.82) is 0 Å². The SMILES string of the molecule is CCOCCCNC(=NC)NCCSc1ccc(C)cc1. The van der Waals surface area contributed by atoms with E-state index in [2.05, 4.69) is 46.8 Å². The minimum atomic E-state index is 0.781. The van der Waals surface area contributed by atoms with E-state index < -0.39 is 0 Å². The monoisotopic (exact) mass is 309 g/mol. The van der Waals surface area contributed by atoms with Crippen LogP contribution in [-0.2, 0) is 4.74 Å². The molecule has 1 aromatic rings. The standard InChI is InChI=1S/C16H27N3OS/c1-4-20-12-5-10-18-16(17-3)19-11-13-21-15-8-6-14(2)7-9-15/h6-9H,4-5,10-13H2,1-3H3,(H2,17,18,19). The van der Waals surface area contributed by atoms with Gasteiger partial charge in [-0.2, -0.15) is 0 Å². The summed E-state index contributed by atoms with van der Waals surface area (Å²) in [5.74, 6) is 1.87. The number of aryl methyl sites for hydroxylation is 1. The molecule has 0 saturated carbocycles. The summed E-state index contributed by atoms with van der Waals surface area (Å²) < 4.78 is 5.30. The molecule has 1 aromatic carbocycles. The van der Waals surface area contributed by atoms with Gasteiger partial charge in [-0.05, 0) is 32.4 Å². The lowest BCUT2D eigenvalue weighted by Crippen LogP contribution is -2.39. The van der Waals surface area contributed by atoms with E-state index >= 15 is 0 Å². The lowest BCUT2D eigenvalue weighted by Gasteiger charge is -2.11. The van der Waals surface area contributed by atoms with Crippen LogP contribution in [0.3, 0.4) is 0 Å². The summed E-state index contributed by atoms with van der Waals surface area (Å²) in [5, 5.41) is 6.60. The van der Waals surface area contributed by atoms with Gasteiger partial charge in [-0.25, -0.2) is 0 Å². The Labute approximate surface area is 132 Å². The molecule has 1 rings (SSSR count). The molecule has 0 aliphatic carbocycles. The zero-order chi connectivity index (χ0) is 15.3. The van der Waals surface area contributed by atoms with Crippen molar-refractivity contribution >= 4 is 17.7 Å². The molecule has 0 fully saturated rings. The van der Waals surface area contributed by atoms with Crippen molar-refractivity contribution in [3.05, 3.63) is 29.8 Å². The van der Waals surface area contributed by atoms with E-state index in [4.69, 9.17) is 4.74 Å². The van der Waals surface area contributed by atoms with Crippen LogP contribution in [-0.4, -0.2) is 45.1 Å². The molecule has 0 aliphatic rings. The molecule has 0 amide bonds. The molecular formula is C16H27N3OS. The second kappa shape index (κ2) is 11.5. The molecule has 0 aliphatic heterocycles. The molecule has 0 radical (unpaired) electrons. The molecular weight excluding hydrogens is 282 g/mol. The number of nitrogens with one attached hydrogen (secondary N) is 2. The molecule has 0 atom stereocenters. The number of hydrogen-bond acceptors (Lipinski definition) is 3. The maximum Gasteiger partial charge on any atom is 0.191 e. The Morgan fingerprint density at radius 3 is 2.57 bits per heavy atom. The highest BCUT2D eigenvalue weighted by molar-refractivity contribution is 7.99. The van der Waals surface area contributed by atoms with Crippen LogP contribution < -0.4 is 10.6 Å². The van der Waals surface area contributed by atoms with Crippen molar-refractivity contribution < 1.29 is 4.74 Å². The highest BCUT2D eigenvalue weighted by Gasteiger charge is 1.98. The van der Waals surface area contributed by atoms with Crippen LogP contribution in [0.25, 0.3) is 0 Å². The molecule has 0 bridgehead atoms. The molecule has 118 valence electrons. The Morgan fingerprint density at radius 2 is 1.90 bits per heavy atom. The Bertz CT molecular complexity index is 406. The van der Waals surface area contributed by atoms with Gasteiger partial charge in [-0.15, -0.1) is 11.8 Å². The first-order valence-corrected chi connectivity index (χ1v) is 8.46. The lowest BCUT2D eigenvalue weighted by atomic mass is 10.2. The minimum Gasteiger partial charge on any atom is -0.382 e. The van der Waals surface area contributed by atoms with Crippen LogP contribution in [0.4, 0.5) is 0 Å². The summed E-state index contributed by atoms with van der Waals surface area (Å²) in [5.41, 5.74) is 1.30. The molecule has 4 nitrogen and oxygen atoms in total. The number of nitrogens with zero attached hydrogens (tertiary/aromatic N) is 1. The van der Waals surface area contributed by atoms with E-state index in [-0.39, 0.29) is 0 Å². The van der Waals surface area contributed by atoms with Gasteiger partial charge < -0.3 is 15.4 Å². The van der Waals surface area contributed by atoms with Gasteiger partial charge in [0, 0.05) is 44.0 Å². The van der Waals surface area contributed by atoms with Crippen LogP contribution in [0, 0.1) is 6.92 Å². The Balaban J connectivity index is 2.10. The van der Waals surface area contributed by atoms with Gasteiger partial charge in [-0.3, -0.25) is 4.99 Å². The summed E-state index contributed by atoms with van der Waals surface area (Å²) in [6.07, 6.45) is 0.993. The Kier molecular flexibility index (Phi) is 9.74. The minimum absolute atomic E-state index is 0.781. The predicted molar refractivity (Wildman–Crippen MR) is 92.4 cm³/mol. The maximum absolute atomic E-state index is 5.30. The average molecular weight is 309 g/mol. The van der Waals surface area contributed by atoms with E-state index in [9.17, 15) is 0 Å². The second-order valence-corrected chi connectivity index (χ2v) is 5.81. The molecule has 0 saturated heterocycles. The lowest BCUT2D eigenvalue weighted by molar-refractivity contribution is 0.145. The molecule has 0 heterocycles. The first kappa shape index (κ1) is 17.9. The van der Waals surface area contributed by atoms with Gasteiger partial charge in [0.25, 0.3) is 0 Å². The Hall–Kier alpha value is -1.20. The van der Waals surface area contributed by atoms with Crippen molar-refractivity contribution in [2.45, 2.75) is 25.2 Å². The smallest absolute Gasteiger partial charge is 0.191 e. The molecule has 0 aromatic heterocycles. The third kappa shape index (κ3) is 8.63. The number of benzene rings is 1. The van der Waals surface area contributed by atoms with Crippen LogP contribution in [0.5, 0.6) is 0 Å². The summed E-state index contributed by atoms with van der Waals surface area (Å²) in [4.78, 5) is 5.51. The van der Waals surface area contributed by atoms with Gasteiger partial charge in [-0.1, -0.05) is 17.7 Å². The van der Waals surface area contributed by atoms with Crippen molar-refractivity contribution in [3.63, 3.8) is 0 Å². The fraction of sp³-hybridized carbons (Fsp3) is 0.562. The Morgan fingerprint density at radius 1 is 1.19 bits per heavy atom. The van der Waals surface area contributed by atoms with Crippen LogP contribution in [0.15, 0.2) is 34.2 Å². The third-order valence-corrected chi connectivity index (χ3v) is 3.88. The van der Waals surface area contributed by atoms with Crippen molar-refractivity contribution in [1.82, 2.24) is 10.6 Å². The van der Waals surface area contributed by atoms with Crippen molar-refractivity contribution in [2.24, 2.45) is 4.99 Å². The van der Waals surface area contributed by atoms with E-state index in [0.29, 0.717) is 0 Å². The first-order valence-electron chi connectivity index (χ1n) is 7.48. The molecule has 2 N–H and O–H groups in total. The highest BCUT2D eigenvalue weighted by atomic mass is 32.2. The van der Waals surface area contributed by atoms with Crippen molar-refractivity contribution in [2.75, 3.05) is 39.1 Å². The molecule has 0 unspecified atom stereocenters. The van der Waals surface area contributed by atoms with Crippen LogP contribution >= 0.6 is 11.8 Å². The van der Waals surface area contributed by atoms with E-state index in [0.717, 1.165) is 44.4 Å². The number of thioether (sulfide) groups is 1. The third-order valence-electron chi connectivity index (χ3n) is 2.87. The summed E-state index contributed by atoms with van der Waals surface area (Å²) in [6, 6.07) is 8.63. The fourth-order valence-electron chi connectivity index (χ4n) is 1.72. The summed E-state index contributed by atoms with van der Waals surface area (Å²) in [7, 11) is 1.80. The zero-order valence-electron chi connectivity index (χ0n) is 13.3. The van der Waals surface area contributed by atoms with Crippen LogP contribution in [0.2, 0.25) is 0 Å². The van der Waals surface area contributed by atoms with Gasteiger partial charge in [0.2, 0.25) is 0 Å². The van der Waals surface area contributed by atoms with Gasteiger partial charge in [0.15, 0.2) is 5.96 Å². The highest BCUT2D eigenvalue weighted by Crippen LogP contribution is 2.17. The second-order valence-electron chi connectivity index (χ2n) is 4.64. The average Bonchev–Trinajstić information content (AvgIpc) is 2.51. The number of guanidine groups is 1. The molecule has 21 heavy (non-hydrogen) atoms. The molecule has 5 heteroatoms. The van der Waals surface area contributed by atoms with Gasteiger partial charge >= 0.3 is 0 Å². The summed E-state index contributed by atoms with van der Waals surface area (Å²) in [6.45, 7) is 7.47. The maximum atomic E-state index is 5.30. The van der Waals surface area contributed by atoms with Gasteiger partial charge in [0.05, 0.1) is 0 Å². The largest absolute Gasteiger partial charge is 0.382 e. The van der Waals surface area contributed by atoms with Gasteiger partial charge in [0.1, 0.15) is 0 Å². The predicted octanol–water partition coefficient (Wildman–Crippen LogP) is 2.68. The van der Waals surface area contributed by atoms with E-state index in [1.807, 2.05) is 18.7 Å². The number of rotatable bonds is 9. The normalized spacial score (nSPS) is 11.5. The van der Waals surface area contributed by atoms with E-state index in [1.165, 1.54) is 10.5 Å². The fourth-order valence-corrected chi connectivity index (χ4v) is 2.49. The topological polar surface area (TPSA) is 45.6 Å². The number of ether oxygens (including phenoxy) is 1. The zero-order valence-corrected chi connectivity index (χ0v) is 14.1. The van der Waals surface area contributed by atoms with E-state index in [1.54, 1.807) is 7.05 Å². The molecule has 0 spiro atoms. The van der Waals surface area contributed by atoms with Crippen molar-refractivity contribution in [3.8, 4) is 0 Å². The number of aliphatic imine (C=N–C) groups is 1. The number of hydrogen-bond donors (Lipinski definition) is 2. The summed E-state index contributed by atoms with van der Waals surface area (Å²) >= 11 is 1.85. The quantitative estimate of drug-likeness (QED) is 0.319. The van der Waals surface area contributed by atoms with Crippen LogP contribution in [0.1, 0.15) is 18.9 Å². The first-order chi connectivity index (χ1) is 10.3.